The molecule has 10 heteroatoms. The molecule has 3 aliphatic heterocycles. The van der Waals surface area contributed by atoms with Gasteiger partial charge in [0.05, 0.1) is 23.5 Å². The molecule has 0 aromatic heterocycles. The minimum absolute atomic E-state index is 0.0259. The summed E-state index contributed by atoms with van der Waals surface area (Å²) < 4.78 is 5.11. The number of non-ortho nitro benzene ring substituents is 1. The molecule has 0 radical (unpaired) electrons. The smallest absolute Gasteiger partial charge is 0.409 e. The Labute approximate surface area is 216 Å². The van der Waals surface area contributed by atoms with Crippen LogP contribution in [-0.2, 0) is 22.5 Å². The Balaban J connectivity index is 1.37. The number of ether oxygens (including phenoxy) is 1. The minimum Gasteiger partial charge on any atom is -0.450 e. The van der Waals surface area contributed by atoms with Gasteiger partial charge in [-0.1, -0.05) is 30.3 Å². The zero-order chi connectivity index (χ0) is 25.9. The molecule has 3 aliphatic rings. The van der Waals surface area contributed by atoms with E-state index in [2.05, 4.69) is 21.9 Å². The summed E-state index contributed by atoms with van der Waals surface area (Å²) >= 11 is 0. The number of benzene rings is 2. The van der Waals surface area contributed by atoms with E-state index in [4.69, 9.17) is 4.74 Å². The molecule has 0 aliphatic carbocycles. The fourth-order valence-corrected chi connectivity index (χ4v) is 5.81. The van der Waals surface area contributed by atoms with E-state index in [-0.39, 0.29) is 34.6 Å². The fraction of sp³-hybridized carbons (Fsp3) is 0.481. The summed E-state index contributed by atoms with van der Waals surface area (Å²) in [5.41, 5.74) is 3.13. The maximum absolute atomic E-state index is 13.9. The molecule has 2 amide bonds. The summed E-state index contributed by atoms with van der Waals surface area (Å²) in [6, 6.07) is 15.3. The van der Waals surface area contributed by atoms with Crippen molar-refractivity contribution in [1.82, 2.24) is 14.7 Å². The van der Waals surface area contributed by atoms with Crippen LogP contribution >= 0.6 is 0 Å². The van der Waals surface area contributed by atoms with Crippen molar-refractivity contribution in [2.45, 2.75) is 25.9 Å². The van der Waals surface area contributed by atoms with E-state index in [1.165, 1.54) is 5.56 Å². The van der Waals surface area contributed by atoms with Crippen LogP contribution in [0.25, 0.3) is 0 Å². The standard InChI is InChI=1S/C27H33N5O5/c1-2-37-27(34)30-13-11-29(12-14-30)26(33)23-17-21-16-22(32(35)36)8-9-24(21)31-15-10-28(19-25(23)31)18-20-6-4-3-5-7-20/h3-9,16,23,25H,2,10-15,17-19H2,1H3/t23-,25-/m0/s1. The lowest BCUT2D eigenvalue weighted by molar-refractivity contribution is -0.384. The molecule has 2 aromatic carbocycles. The van der Waals surface area contributed by atoms with E-state index in [1.54, 1.807) is 24.0 Å². The van der Waals surface area contributed by atoms with Crippen molar-refractivity contribution in [3.05, 3.63) is 69.8 Å². The number of hydrogen-bond acceptors (Lipinski definition) is 7. The van der Waals surface area contributed by atoms with Gasteiger partial charge in [0.1, 0.15) is 0 Å². The molecule has 2 aromatic rings. The Kier molecular flexibility index (Phi) is 7.27. The molecule has 37 heavy (non-hydrogen) atoms. The number of nitro groups is 1. The largest absolute Gasteiger partial charge is 0.450 e. The average molecular weight is 508 g/mol. The van der Waals surface area contributed by atoms with E-state index in [9.17, 15) is 19.7 Å². The molecule has 10 nitrogen and oxygen atoms in total. The van der Waals surface area contributed by atoms with Crippen molar-refractivity contribution >= 4 is 23.4 Å². The predicted octanol–water partition coefficient (Wildman–Crippen LogP) is 2.76. The molecular formula is C27H33N5O5. The van der Waals surface area contributed by atoms with Crippen molar-refractivity contribution in [1.29, 1.82) is 0 Å². The summed E-state index contributed by atoms with van der Waals surface area (Å²) in [6.07, 6.45) is 0.123. The zero-order valence-corrected chi connectivity index (χ0v) is 21.1. The van der Waals surface area contributed by atoms with Crippen LogP contribution in [0.5, 0.6) is 0 Å². The maximum Gasteiger partial charge on any atom is 0.409 e. The number of anilines is 1. The Morgan fingerprint density at radius 1 is 1.00 bits per heavy atom. The van der Waals surface area contributed by atoms with Crippen LogP contribution in [0.4, 0.5) is 16.2 Å². The third-order valence-electron chi connectivity index (χ3n) is 7.67. The second-order valence-corrected chi connectivity index (χ2v) is 9.87. The van der Waals surface area contributed by atoms with Gasteiger partial charge in [0.25, 0.3) is 5.69 Å². The van der Waals surface area contributed by atoms with E-state index in [1.807, 2.05) is 29.2 Å². The highest BCUT2D eigenvalue weighted by atomic mass is 16.6. The molecular weight excluding hydrogens is 474 g/mol. The normalized spacial score (nSPS) is 21.7. The first-order valence-corrected chi connectivity index (χ1v) is 13.0. The second kappa shape index (κ2) is 10.8. The van der Waals surface area contributed by atoms with Crippen LogP contribution in [0, 0.1) is 16.0 Å². The quantitative estimate of drug-likeness (QED) is 0.453. The number of rotatable bonds is 5. The lowest BCUT2D eigenvalue weighted by Gasteiger charge is -2.50. The number of amides is 2. The molecule has 2 fully saturated rings. The highest BCUT2D eigenvalue weighted by Crippen LogP contribution is 2.38. The van der Waals surface area contributed by atoms with Gasteiger partial charge in [0.15, 0.2) is 0 Å². The summed E-state index contributed by atoms with van der Waals surface area (Å²) in [6.45, 7) is 7.04. The highest BCUT2D eigenvalue weighted by molar-refractivity contribution is 5.83. The second-order valence-electron chi connectivity index (χ2n) is 9.87. The summed E-state index contributed by atoms with van der Waals surface area (Å²) in [5.74, 6) is -0.264. The number of nitrogens with zero attached hydrogens (tertiary/aromatic N) is 5. The third kappa shape index (κ3) is 5.24. The highest BCUT2D eigenvalue weighted by Gasteiger charge is 2.43. The lowest BCUT2D eigenvalue weighted by atomic mass is 9.82. The Hall–Kier alpha value is -3.66. The number of fused-ring (bicyclic) bond motifs is 3. The number of carbonyl (C=O) groups is 2. The number of hydrogen-bond donors (Lipinski definition) is 0. The topological polar surface area (TPSA) is 99.5 Å². The molecule has 0 unspecified atom stereocenters. The van der Waals surface area contributed by atoms with Crippen LogP contribution in [0.3, 0.4) is 0 Å². The first kappa shape index (κ1) is 25.0. The van der Waals surface area contributed by atoms with E-state index in [0.29, 0.717) is 39.2 Å². The van der Waals surface area contributed by atoms with Gasteiger partial charge in [-0.15, -0.1) is 0 Å². The number of piperazine rings is 2. The van der Waals surface area contributed by atoms with Gasteiger partial charge in [-0.25, -0.2) is 4.79 Å². The van der Waals surface area contributed by atoms with Crippen molar-refractivity contribution in [2.24, 2.45) is 5.92 Å². The van der Waals surface area contributed by atoms with E-state index in [0.717, 1.165) is 37.4 Å². The monoisotopic (exact) mass is 507 g/mol. The molecule has 2 atom stereocenters. The SMILES string of the molecule is CCOC(=O)N1CCN(C(=O)[C@H]2Cc3cc([N+](=O)[O-])ccc3N3CCN(Cc4ccccc4)C[C@@H]23)CC1. The predicted molar refractivity (Wildman–Crippen MR) is 138 cm³/mol. The Morgan fingerprint density at radius 3 is 2.43 bits per heavy atom. The minimum atomic E-state index is -0.379. The summed E-state index contributed by atoms with van der Waals surface area (Å²) in [7, 11) is 0. The first-order chi connectivity index (χ1) is 17.9. The fourth-order valence-electron chi connectivity index (χ4n) is 5.81. The molecule has 3 heterocycles. The number of carbonyl (C=O) groups excluding carboxylic acids is 2. The average Bonchev–Trinajstić information content (AvgIpc) is 2.92. The van der Waals surface area contributed by atoms with Crippen molar-refractivity contribution < 1.29 is 19.2 Å². The van der Waals surface area contributed by atoms with Crippen molar-refractivity contribution in [3.63, 3.8) is 0 Å². The van der Waals surface area contributed by atoms with Crippen molar-refractivity contribution in [3.8, 4) is 0 Å². The third-order valence-corrected chi connectivity index (χ3v) is 7.67. The Bertz CT molecular complexity index is 1150. The van der Waals surface area contributed by atoms with Gasteiger partial charge >= 0.3 is 6.09 Å². The van der Waals surface area contributed by atoms with Gasteiger partial charge in [-0.3, -0.25) is 19.8 Å². The molecule has 196 valence electrons. The molecule has 2 saturated heterocycles. The van der Waals surface area contributed by atoms with Crippen LogP contribution in [0.1, 0.15) is 18.1 Å². The van der Waals surface area contributed by atoms with Crippen LogP contribution in [-0.4, -0.2) is 90.1 Å². The molecule has 0 saturated carbocycles. The van der Waals surface area contributed by atoms with Gasteiger partial charge in [0, 0.05) is 70.2 Å². The van der Waals surface area contributed by atoms with Crippen LogP contribution < -0.4 is 4.90 Å². The Morgan fingerprint density at radius 2 is 1.73 bits per heavy atom. The van der Waals surface area contributed by atoms with Crippen LogP contribution in [0.2, 0.25) is 0 Å². The van der Waals surface area contributed by atoms with Gasteiger partial charge in [-0.2, -0.15) is 0 Å². The van der Waals surface area contributed by atoms with Crippen LogP contribution in [0.15, 0.2) is 48.5 Å². The molecule has 0 N–H and O–H groups in total. The molecule has 5 rings (SSSR count). The van der Waals surface area contributed by atoms with E-state index < -0.39 is 0 Å². The maximum atomic E-state index is 13.9. The summed E-state index contributed by atoms with van der Waals surface area (Å²) in [4.78, 5) is 45.3. The summed E-state index contributed by atoms with van der Waals surface area (Å²) in [5, 5.41) is 11.4. The van der Waals surface area contributed by atoms with E-state index >= 15 is 0 Å². The lowest BCUT2D eigenvalue weighted by Crippen LogP contribution is -2.62. The first-order valence-electron chi connectivity index (χ1n) is 13.0. The van der Waals surface area contributed by atoms with Gasteiger partial charge in [-0.05, 0) is 30.5 Å². The molecule has 0 spiro atoms. The van der Waals surface area contributed by atoms with Gasteiger partial charge in [0.2, 0.25) is 5.91 Å². The number of nitro benzene ring substituents is 1. The molecule has 0 bridgehead atoms. The van der Waals surface area contributed by atoms with Gasteiger partial charge < -0.3 is 19.4 Å². The van der Waals surface area contributed by atoms with Crippen molar-refractivity contribution in [2.75, 3.05) is 57.3 Å². The zero-order valence-electron chi connectivity index (χ0n) is 21.1.